The van der Waals surface area contributed by atoms with Crippen molar-refractivity contribution in [1.82, 2.24) is 4.90 Å². The van der Waals surface area contributed by atoms with Crippen molar-refractivity contribution in [3.8, 4) is 0 Å². The van der Waals surface area contributed by atoms with Gasteiger partial charge < -0.3 is 5.11 Å². The molecule has 0 aromatic heterocycles. The van der Waals surface area contributed by atoms with E-state index in [-0.39, 0.29) is 12.5 Å². The summed E-state index contributed by atoms with van der Waals surface area (Å²) in [5.74, 6) is -5.40. The lowest BCUT2D eigenvalue weighted by Crippen LogP contribution is -2.33. The third-order valence-corrected chi connectivity index (χ3v) is 4.23. The van der Waals surface area contributed by atoms with E-state index in [1.54, 1.807) is 18.7 Å². The van der Waals surface area contributed by atoms with Crippen molar-refractivity contribution in [1.29, 1.82) is 0 Å². The molecule has 0 bridgehead atoms. The van der Waals surface area contributed by atoms with Crippen molar-refractivity contribution in [2.75, 3.05) is 13.1 Å². The second-order valence-corrected chi connectivity index (χ2v) is 6.23. The first-order valence-electron chi connectivity index (χ1n) is 6.89. The predicted molar refractivity (Wildman–Crippen MR) is 70.7 cm³/mol. The van der Waals surface area contributed by atoms with Crippen molar-refractivity contribution < 1.29 is 22.7 Å². The van der Waals surface area contributed by atoms with E-state index in [9.17, 15) is 22.7 Å². The molecule has 6 heteroatoms. The third-order valence-electron chi connectivity index (χ3n) is 4.23. The molecular formula is C15H19F4NO. The second kappa shape index (κ2) is 5.57. The smallest absolute Gasteiger partial charge is 0.166 e. The first-order valence-corrected chi connectivity index (χ1v) is 6.89. The fourth-order valence-electron chi connectivity index (χ4n) is 2.70. The highest BCUT2D eigenvalue weighted by Gasteiger charge is 2.34. The Kier molecular flexibility index (Phi) is 4.31. The van der Waals surface area contributed by atoms with E-state index in [1.165, 1.54) is 0 Å². The summed E-state index contributed by atoms with van der Waals surface area (Å²) in [6.07, 6.45) is 0.670. The van der Waals surface area contributed by atoms with Crippen LogP contribution in [0.2, 0.25) is 0 Å². The summed E-state index contributed by atoms with van der Waals surface area (Å²) in [6.45, 7) is 5.09. The van der Waals surface area contributed by atoms with Gasteiger partial charge in [0, 0.05) is 30.1 Å². The first kappa shape index (κ1) is 16.2. The van der Waals surface area contributed by atoms with Crippen LogP contribution in [0, 0.1) is 36.1 Å². The number of hydrogen-bond acceptors (Lipinski definition) is 2. The van der Waals surface area contributed by atoms with E-state index >= 15 is 0 Å². The molecule has 1 atom stereocenters. The molecule has 21 heavy (non-hydrogen) atoms. The standard InChI is InChI=1S/C15H19F4NO/c1-8-11(16)13(18)10(14(19)12(8)17)7-20-5-4-9(6-20)15(2,3)21/h9,21H,4-7H2,1-3H3. The molecule has 0 saturated carbocycles. The van der Waals surface area contributed by atoms with Gasteiger partial charge in [-0.05, 0) is 33.7 Å². The fraction of sp³-hybridized carbons (Fsp3) is 0.600. The van der Waals surface area contributed by atoms with Gasteiger partial charge in [-0.1, -0.05) is 0 Å². The number of rotatable bonds is 3. The van der Waals surface area contributed by atoms with Gasteiger partial charge in [-0.25, -0.2) is 17.6 Å². The summed E-state index contributed by atoms with van der Waals surface area (Å²) in [4.78, 5) is 1.69. The predicted octanol–water partition coefficient (Wildman–Crippen LogP) is 3.14. The van der Waals surface area contributed by atoms with E-state index < -0.39 is 40.0 Å². The lowest BCUT2D eigenvalue weighted by atomic mass is 9.90. The van der Waals surface area contributed by atoms with E-state index in [0.717, 1.165) is 6.92 Å². The zero-order chi connectivity index (χ0) is 15.9. The molecule has 0 spiro atoms. The molecular weight excluding hydrogens is 286 g/mol. The Hall–Kier alpha value is -1.14. The summed E-state index contributed by atoms with van der Waals surface area (Å²) >= 11 is 0. The molecule has 0 aliphatic carbocycles. The van der Waals surface area contributed by atoms with Crippen LogP contribution in [0.25, 0.3) is 0 Å². The van der Waals surface area contributed by atoms with Crippen LogP contribution in [0.15, 0.2) is 0 Å². The maximum absolute atomic E-state index is 13.8. The molecule has 0 amide bonds. The van der Waals surface area contributed by atoms with Crippen molar-refractivity contribution >= 4 is 0 Å². The van der Waals surface area contributed by atoms with Gasteiger partial charge in [-0.15, -0.1) is 0 Å². The van der Waals surface area contributed by atoms with Crippen LogP contribution in [0.1, 0.15) is 31.4 Å². The molecule has 1 unspecified atom stereocenters. The molecule has 2 rings (SSSR count). The monoisotopic (exact) mass is 305 g/mol. The van der Waals surface area contributed by atoms with Crippen LogP contribution in [0.5, 0.6) is 0 Å². The van der Waals surface area contributed by atoms with Gasteiger partial charge in [0.25, 0.3) is 0 Å². The molecule has 1 heterocycles. The minimum absolute atomic E-state index is 0.0382. The maximum atomic E-state index is 13.8. The SMILES string of the molecule is Cc1c(F)c(F)c(CN2CCC(C(C)(C)O)C2)c(F)c1F. The Morgan fingerprint density at radius 1 is 1.10 bits per heavy atom. The molecule has 0 radical (unpaired) electrons. The third kappa shape index (κ3) is 3.06. The summed E-state index contributed by atoms with van der Waals surface area (Å²) in [6, 6.07) is 0. The lowest BCUT2D eigenvalue weighted by molar-refractivity contribution is 0.0207. The lowest BCUT2D eigenvalue weighted by Gasteiger charge is -2.25. The average molecular weight is 305 g/mol. The Labute approximate surface area is 121 Å². The minimum Gasteiger partial charge on any atom is -0.390 e. The van der Waals surface area contributed by atoms with Gasteiger partial charge >= 0.3 is 0 Å². The van der Waals surface area contributed by atoms with Crippen LogP contribution in [0.4, 0.5) is 17.6 Å². The number of benzene rings is 1. The Morgan fingerprint density at radius 2 is 1.62 bits per heavy atom. The molecule has 2 nitrogen and oxygen atoms in total. The topological polar surface area (TPSA) is 23.5 Å². The van der Waals surface area contributed by atoms with Crippen LogP contribution in [0.3, 0.4) is 0 Å². The number of aliphatic hydroxyl groups is 1. The second-order valence-electron chi connectivity index (χ2n) is 6.23. The Morgan fingerprint density at radius 3 is 2.05 bits per heavy atom. The van der Waals surface area contributed by atoms with Crippen LogP contribution in [-0.2, 0) is 6.54 Å². The highest BCUT2D eigenvalue weighted by molar-refractivity contribution is 5.29. The number of hydrogen-bond donors (Lipinski definition) is 1. The molecule has 1 N–H and O–H groups in total. The number of halogens is 4. The molecule has 1 fully saturated rings. The van der Waals surface area contributed by atoms with Crippen molar-refractivity contribution in [3.05, 3.63) is 34.4 Å². The van der Waals surface area contributed by atoms with Crippen molar-refractivity contribution in [3.63, 3.8) is 0 Å². The zero-order valence-corrected chi connectivity index (χ0v) is 12.3. The largest absolute Gasteiger partial charge is 0.390 e. The van der Waals surface area contributed by atoms with E-state index in [1.807, 2.05) is 0 Å². The van der Waals surface area contributed by atoms with E-state index in [4.69, 9.17) is 0 Å². The summed E-state index contributed by atoms with van der Waals surface area (Å²) in [5.41, 5.74) is -2.13. The molecule has 118 valence electrons. The van der Waals surface area contributed by atoms with Crippen molar-refractivity contribution in [2.45, 2.75) is 39.3 Å². The highest BCUT2D eigenvalue weighted by Crippen LogP contribution is 2.30. The molecule has 1 aromatic rings. The average Bonchev–Trinajstić information content (AvgIpc) is 2.88. The van der Waals surface area contributed by atoms with Gasteiger partial charge in [0.05, 0.1) is 5.60 Å². The normalized spacial score (nSPS) is 20.3. The summed E-state index contributed by atoms with van der Waals surface area (Å²) < 4.78 is 54.7. The van der Waals surface area contributed by atoms with Crippen LogP contribution in [-0.4, -0.2) is 28.7 Å². The van der Waals surface area contributed by atoms with Gasteiger partial charge in [-0.2, -0.15) is 0 Å². The molecule has 1 saturated heterocycles. The van der Waals surface area contributed by atoms with E-state index in [2.05, 4.69) is 0 Å². The minimum atomic E-state index is -1.35. The zero-order valence-electron chi connectivity index (χ0n) is 12.3. The number of likely N-dealkylation sites (tertiary alicyclic amines) is 1. The fourth-order valence-corrected chi connectivity index (χ4v) is 2.70. The Balaban J connectivity index is 2.22. The quantitative estimate of drug-likeness (QED) is 0.685. The molecule has 1 aliphatic heterocycles. The van der Waals surface area contributed by atoms with Gasteiger partial charge in [-0.3, -0.25) is 4.90 Å². The maximum Gasteiger partial charge on any atom is 0.166 e. The highest BCUT2D eigenvalue weighted by atomic mass is 19.2. The number of nitrogens with zero attached hydrogens (tertiary/aromatic N) is 1. The van der Waals surface area contributed by atoms with E-state index in [0.29, 0.717) is 19.5 Å². The van der Waals surface area contributed by atoms with Gasteiger partial charge in [0.2, 0.25) is 0 Å². The molecule has 1 aromatic carbocycles. The summed E-state index contributed by atoms with van der Waals surface area (Å²) in [5, 5.41) is 9.94. The summed E-state index contributed by atoms with van der Waals surface area (Å²) in [7, 11) is 0. The Bertz CT molecular complexity index is 525. The van der Waals surface area contributed by atoms with Gasteiger partial charge in [0.1, 0.15) is 0 Å². The van der Waals surface area contributed by atoms with Crippen molar-refractivity contribution in [2.24, 2.45) is 5.92 Å². The first-order chi connectivity index (χ1) is 9.62. The van der Waals surface area contributed by atoms with Crippen LogP contribution >= 0.6 is 0 Å². The van der Waals surface area contributed by atoms with Crippen LogP contribution < -0.4 is 0 Å². The molecule has 1 aliphatic rings. The van der Waals surface area contributed by atoms with Gasteiger partial charge in [0.15, 0.2) is 23.3 Å².